The fraction of sp³-hybridized carbons (Fsp3) is 0.760. The summed E-state index contributed by atoms with van der Waals surface area (Å²) >= 11 is 0. The van der Waals surface area contributed by atoms with Crippen molar-refractivity contribution in [1.82, 2.24) is 4.90 Å². The minimum absolute atomic E-state index is 0.0464. The highest BCUT2D eigenvalue weighted by molar-refractivity contribution is 5.97. The Morgan fingerprint density at radius 2 is 1.41 bits per heavy atom. The molecule has 4 nitrogen and oxygen atoms in total. The zero-order valence-corrected chi connectivity index (χ0v) is 21.9. The molecule has 0 aliphatic heterocycles. The molecule has 29 heavy (non-hydrogen) atoms. The van der Waals surface area contributed by atoms with Gasteiger partial charge < -0.3 is 10.0 Å². The van der Waals surface area contributed by atoms with Gasteiger partial charge in [0.15, 0.2) is 5.78 Å². The molecule has 2 atom stereocenters. The predicted octanol–water partition coefficient (Wildman–Crippen LogP) is 6.83. The molecular weight excluding hydrogens is 362 g/mol. The van der Waals surface area contributed by atoms with Crippen LogP contribution in [-0.2, 0) is 9.59 Å². The lowest BCUT2D eigenvalue weighted by molar-refractivity contribution is -0.113. The van der Waals surface area contributed by atoms with Crippen LogP contribution in [0.3, 0.4) is 0 Å². The van der Waals surface area contributed by atoms with Gasteiger partial charge in [0.25, 0.3) is 0 Å². The average Bonchev–Trinajstić information content (AvgIpc) is 2.70. The number of carbonyl (C=O) groups excluding carboxylic acids is 2. The molecule has 0 saturated carbocycles. The third-order valence-electron chi connectivity index (χ3n) is 3.26. The van der Waals surface area contributed by atoms with E-state index in [1.807, 2.05) is 41.8 Å². The van der Waals surface area contributed by atoms with E-state index in [1.165, 1.54) is 13.3 Å². The Bertz CT molecular complexity index is 399. The summed E-state index contributed by atoms with van der Waals surface area (Å²) in [5.74, 6) is 0.430. The molecule has 0 bridgehead atoms. The molecule has 0 rings (SSSR count). The quantitative estimate of drug-likeness (QED) is 0.268. The van der Waals surface area contributed by atoms with Crippen molar-refractivity contribution in [2.75, 3.05) is 14.1 Å². The van der Waals surface area contributed by atoms with E-state index in [0.29, 0.717) is 17.1 Å². The number of carbonyl (C=O) groups is 2. The van der Waals surface area contributed by atoms with Gasteiger partial charge in [0, 0.05) is 25.9 Å². The van der Waals surface area contributed by atoms with Crippen LogP contribution in [0.4, 0.5) is 0 Å². The second-order valence-electron chi connectivity index (χ2n) is 6.56. The Kier molecular flexibility index (Phi) is 41.2. The molecule has 2 unspecified atom stereocenters. The zero-order valence-electron chi connectivity index (χ0n) is 21.9. The number of rotatable bonds is 8. The van der Waals surface area contributed by atoms with Crippen molar-refractivity contribution in [1.29, 1.82) is 0 Å². The van der Waals surface area contributed by atoms with Crippen molar-refractivity contribution >= 4 is 12.1 Å². The molecule has 176 valence electrons. The van der Waals surface area contributed by atoms with Crippen LogP contribution in [0, 0.1) is 5.92 Å². The number of nitrogens with zero attached hydrogens (tertiary/aromatic N) is 1. The third-order valence-corrected chi connectivity index (χ3v) is 3.26. The number of aliphatic hydroxyl groups is 1. The lowest BCUT2D eigenvalue weighted by Gasteiger charge is -2.15. The number of aldehydes is 1. The van der Waals surface area contributed by atoms with Crippen molar-refractivity contribution in [3.8, 4) is 0 Å². The second-order valence-corrected chi connectivity index (χ2v) is 6.56. The fourth-order valence-corrected chi connectivity index (χ4v) is 1.64. The standard InChI is InChI=1S/C10H15NO2.C8H18O.C3H8.2C2H6/c1-8(7-12)5-10(9(2)13)6-11(3)4;1-4-6-8(9)7(3)5-2;1-3-2;2*1-2/h5-7H,1-4H3;7-9H,4-6H2,1-3H3;3H2,1-2H3;2*1-2H3/b8-5-,10-6+;;;;. The summed E-state index contributed by atoms with van der Waals surface area (Å²) in [5, 5.41) is 9.32. The first kappa shape index (κ1) is 38.2. The van der Waals surface area contributed by atoms with Crippen LogP contribution in [0.2, 0.25) is 0 Å². The lowest BCUT2D eigenvalue weighted by atomic mass is 9.98. The van der Waals surface area contributed by atoms with Gasteiger partial charge in [0.2, 0.25) is 0 Å². The molecule has 0 aliphatic carbocycles. The van der Waals surface area contributed by atoms with Gasteiger partial charge in [-0.2, -0.15) is 0 Å². The molecule has 1 N–H and O–H groups in total. The number of hydrogen-bond donors (Lipinski definition) is 1. The molecule has 4 heteroatoms. The Hall–Kier alpha value is -1.42. The molecular formula is C25H53NO3. The highest BCUT2D eigenvalue weighted by Gasteiger charge is 2.09. The first-order chi connectivity index (χ1) is 13.6. The van der Waals surface area contributed by atoms with E-state index in [9.17, 15) is 14.7 Å². The maximum Gasteiger partial charge on any atom is 0.161 e. The summed E-state index contributed by atoms with van der Waals surface area (Å²) in [6.07, 6.45) is 8.30. The third kappa shape index (κ3) is 34.5. The monoisotopic (exact) mass is 415 g/mol. The van der Waals surface area contributed by atoms with Crippen molar-refractivity contribution in [3.05, 3.63) is 23.4 Å². The van der Waals surface area contributed by atoms with Crippen LogP contribution in [0.25, 0.3) is 0 Å². The van der Waals surface area contributed by atoms with Crippen LogP contribution in [-0.4, -0.2) is 42.3 Å². The smallest absolute Gasteiger partial charge is 0.161 e. The molecule has 0 saturated heterocycles. The number of Topliss-reactive ketones (excluding diaryl/α,β-unsaturated/α-hetero) is 1. The molecule has 0 aliphatic rings. The van der Waals surface area contributed by atoms with Gasteiger partial charge in [-0.15, -0.1) is 0 Å². The van der Waals surface area contributed by atoms with Crippen molar-refractivity contribution in [2.24, 2.45) is 5.92 Å². The van der Waals surface area contributed by atoms with Crippen LogP contribution < -0.4 is 0 Å². The highest BCUT2D eigenvalue weighted by atomic mass is 16.3. The Morgan fingerprint density at radius 3 is 1.66 bits per heavy atom. The van der Waals surface area contributed by atoms with Crippen molar-refractivity contribution in [2.45, 2.75) is 108 Å². The van der Waals surface area contributed by atoms with E-state index in [2.05, 4.69) is 34.6 Å². The molecule has 0 aromatic carbocycles. The topological polar surface area (TPSA) is 57.6 Å². The van der Waals surface area contributed by atoms with Gasteiger partial charge >= 0.3 is 0 Å². The average molecular weight is 416 g/mol. The molecule has 0 aromatic rings. The second kappa shape index (κ2) is 31.3. The molecule has 0 radical (unpaired) electrons. The van der Waals surface area contributed by atoms with E-state index >= 15 is 0 Å². The first-order valence-electron chi connectivity index (χ1n) is 11.3. The number of allylic oxidation sites excluding steroid dienone is 3. The molecule has 0 amide bonds. The number of aliphatic hydroxyl groups excluding tert-OH is 1. The fourth-order valence-electron chi connectivity index (χ4n) is 1.64. The van der Waals surface area contributed by atoms with Crippen LogP contribution in [0.15, 0.2) is 23.4 Å². The molecule has 0 aromatic heterocycles. The molecule has 0 heterocycles. The minimum atomic E-state index is -0.0694. The SMILES string of the molecule is CC.CC.CC(=O)C(/C=C(/C)C=O)=C/N(C)C.CCC.CCCC(O)C(C)CC. The van der Waals surface area contributed by atoms with Gasteiger partial charge in [-0.05, 0) is 37.8 Å². The first-order valence-corrected chi connectivity index (χ1v) is 11.3. The Balaban J connectivity index is -0.000000104. The van der Waals surface area contributed by atoms with E-state index < -0.39 is 0 Å². The van der Waals surface area contributed by atoms with E-state index in [1.54, 1.807) is 24.1 Å². The molecule has 0 fully saturated rings. The lowest BCUT2D eigenvalue weighted by Crippen LogP contribution is -2.15. The maximum absolute atomic E-state index is 11.1. The zero-order chi connectivity index (χ0) is 24.4. The van der Waals surface area contributed by atoms with Gasteiger partial charge in [0.1, 0.15) is 6.29 Å². The summed E-state index contributed by atoms with van der Waals surface area (Å²) in [4.78, 5) is 23.2. The number of hydrogen-bond acceptors (Lipinski definition) is 4. The summed E-state index contributed by atoms with van der Waals surface area (Å²) in [6, 6.07) is 0. The van der Waals surface area contributed by atoms with E-state index in [0.717, 1.165) is 25.5 Å². The van der Waals surface area contributed by atoms with Crippen LogP contribution in [0.1, 0.15) is 102 Å². The summed E-state index contributed by atoms with van der Waals surface area (Å²) < 4.78 is 0. The Labute approximate surface area is 183 Å². The predicted molar refractivity (Wildman–Crippen MR) is 131 cm³/mol. The van der Waals surface area contributed by atoms with Gasteiger partial charge in [-0.25, -0.2) is 0 Å². The van der Waals surface area contributed by atoms with Gasteiger partial charge in [0.05, 0.1) is 6.10 Å². The van der Waals surface area contributed by atoms with Crippen LogP contribution >= 0.6 is 0 Å². The Morgan fingerprint density at radius 1 is 1.00 bits per heavy atom. The van der Waals surface area contributed by atoms with Gasteiger partial charge in [-0.3, -0.25) is 9.59 Å². The highest BCUT2D eigenvalue weighted by Crippen LogP contribution is 2.11. The summed E-state index contributed by atoms with van der Waals surface area (Å²) in [6.45, 7) is 21.7. The van der Waals surface area contributed by atoms with Crippen LogP contribution in [0.5, 0.6) is 0 Å². The minimum Gasteiger partial charge on any atom is -0.393 e. The largest absolute Gasteiger partial charge is 0.393 e. The van der Waals surface area contributed by atoms with Crippen molar-refractivity contribution in [3.63, 3.8) is 0 Å². The summed E-state index contributed by atoms with van der Waals surface area (Å²) in [5.41, 5.74) is 1.08. The summed E-state index contributed by atoms with van der Waals surface area (Å²) in [7, 11) is 3.65. The maximum atomic E-state index is 11.1. The van der Waals surface area contributed by atoms with E-state index in [4.69, 9.17) is 0 Å². The van der Waals surface area contributed by atoms with Crippen molar-refractivity contribution < 1.29 is 14.7 Å². The molecule has 0 spiro atoms. The number of ketones is 1. The normalized spacial score (nSPS) is 12.1. The van der Waals surface area contributed by atoms with Gasteiger partial charge in [-0.1, -0.05) is 81.6 Å². The van der Waals surface area contributed by atoms with E-state index in [-0.39, 0.29) is 11.9 Å².